The Morgan fingerprint density at radius 1 is 1.18 bits per heavy atom. The number of ether oxygens (including phenoxy) is 1. The summed E-state index contributed by atoms with van der Waals surface area (Å²) in [5, 5.41) is 0. The van der Waals surface area contributed by atoms with Crippen molar-refractivity contribution in [2.45, 2.75) is 44.7 Å². The smallest absolute Gasteiger partial charge is 0.140 e. The molecule has 5 heteroatoms. The van der Waals surface area contributed by atoms with Crippen LogP contribution in [0.1, 0.15) is 37.3 Å². The number of halogens is 1. The van der Waals surface area contributed by atoms with Crippen LogP contribution in [0.3, 0.4) is 0 Å². The number of nitrogens with zero attached hydrogens (tertiary/aromatic N) is 2. The second-order valence-corrected chi connectivity index (χ2v) is 7.63. The molecule has 1 aliphatic heterocycles. The average molecular weight is 379 g/mol. The Morgan fingerprint density at radius 2 is 1.93 bits per heavy atom. The number of nitrogens with two attached hydrogens (primary N) is 1. The lowest BCUT2D eigenvalue weighted by Crippen LogP contribution is -2.33. The van der Waals surface area contributed by atoms with Gasteiger partial charge in [-0.1, -0.05) is 0 Å². The fourth-order valence-corrected chi connectivity index (χ4v) is 3.55. The maximum absolute atomic E-state index is 13.3. The number of allylic oxidation sites excluding steroid dienone is 1. The van der Waals surface area contributed by atoms with Gasteiger partial charge in [-0.25, -0.2) is 4.39 Å². The molecule has 1 aliphatic carbocycles. The van der Waals surface area contributed by atoms with Gasteiger partial charge in [0.15, 0.2) is 0 Å². The predicted octanol–water partition coefficient (Wildman–Crippen LogP) is 4.92. The SMILES string of the molecule is CC1CCc2c(ccc(C(C=NC3CC3)=CN)c2Oc2ccc(F)cc2)N1C. The molecule has 2 aromatic carbocycles. The van der Waals surface area contributed by atoms with Crippen molar-refractivity contribution in [1.29, 1.82) is 0 Å². The lowest BCUT2D eigenvalue weighted by atomic mass is 9.92. The summed E-state index contributed by atoms with van der Waals surface area (Å²) < 4.78 is 19.6. The number of aliphatic imine (C=N–C) groups is 1. The van der Waals surface area contributed by atoms with Gasteiger partial charge >= 0.3 is 0 Å². The predicted molar refractivity (Wildman–Crippen MR) is 113 cm³/mol. The molecule has 0 spiro atoms. The van der Waals surface area contributed by atoms with Crippen molar-refractivity contribution in [3.63, 3.8) is 0 Å². The van der Waals surface area contributed by atoms with Crippen LogP contribution in [0.5, 0.6) is 11.5 Å². The molecule has 1 saturated carbocycles. The number of benzene rings is 2. The van der Waals surface area contributed by atoms with Gasteiger partial charge in [-0.2, -0.15) is 0 Å². The van der Waals surface area contributed by atoms with Crippen LogP contribution >= 0.6 is 0 Å². The van der Waals surface area contributed by atoms with Gasteiger partial charge < -0.3 is 15.4 Å². The Hall–Kier alpha value is -2.82. The van der Waals surface area contributed by atoms with Crippen LogP contribution < -0.4 is 15.4 Å². The van der Waals surface area contributed by atoms with E-state index in [2.05, 4.69) is 29.9 Å². The highest BCUT2D eigenvalue weighted by molar-refractivity contribution is 6.11. The van der Waals surface area contributed by atoms with Gasteiger partial charge in [0, 0.05) is 47.9 Å². The van der Waals surface area contributed by atoms with Crippen molar-refractivity contribution in [2.24, 2.45) is 10.7 Å². The zero-order valence-corrected chi connectivity index (χ0v) is 16.4. The third-order valence-corrected chi connectivity index (χ3v) is 5.58. The van der Waals surface area contributed by atoms with Gasteiger partial charge in [0.05, 0.1) is 6.04 Å². The Labute approximate surface area is 165 Å². The Balaban J connectivity index is 1.79. The van der Waals surface area contributed by atoms with Crippen LogP contribution in [0, 0.1) is 5.82 Å². The summed E-state index contributed by atoms with van der Waals surface area (Å²) in [4.78, 5) is 6.88. The van der Waals surface area contributed by atoms with Crippen molar-refractivity contribution < 1.29 is 9.13 Å². The molecule has 0 saturated heterocycles. The minimum atomic E-state index is -0.282. The zero-order valence-electron chi connectivity index (χ0n) is 16.4. The molecule has 1 fully saturated rings. The third kappa shape index (κ3) is 3.75. The first-order valence-corrected chi connectivity index (χ1v) is 9.84. The molecule has 4 nitrogen and oxygen atoms in total. The van der Waals surface area contributed by atoms with E-state index in [-0.39, 0.29) is 5.82 Å². The van der Waals surface area contributed by atoms with E-state index < -0.39 is 0 Å². The van der Waals surface area contributed by atoms with Crippen LogP contribution in [0.4, 0.5) is 10.1 Å². The molecular formula is C23H26FN3O. The topological polar surface area (TPSA) is 50.9 Å². The molecule has 4 rings (SSSR count). The highest BCUT2D eigenvalue weighted by Gasteiger charge is 2.26. The molecular weight excluding hydrogens is 353 g/mol. The van der Waals surface area contributed by atoms with Gasteiger partial charge in [0.25, 0.3) is 0 Å². The van der Waals surface area contributed by atoms with E-state index in [9.17, 15) is 4.39 Å². The highest BCUT2D eigenvalue weighted by Crippen LogP contribution is 2.42. The van der Waals surface area contributed by atoms with Gasteiger partial charge in [-0.3, -0.25) is 4.99 Å². The lowest BCUT2D eigenvalue weighted by molar-refractivity contribution is 0.466. The van der Waals surface area contributed by atoms with Gasteiger partial charge in [-0.15, -0.1) is 0 Å². The second-order valence-electron chi connectivity index (χ2n) is 7.63. The van der Waals surface area contributed by atoms with E-state index in [1.165, 1.54) is 12.1 Å². The van der Waals surface area contributed by atoms with E-state index in [1.807, 2.05) is 12.3 Å². The first-order chi connectivity index (χ1) is 13.6. The molecule has 1 atom stereocenters. The minimum Gasteiger partial charge on any atom is -0.456 e. The normalized spacial score (nSPS) is 19.8. The molecule has 28 heavy (non-hydrogen) atoms. The molecule has 1 unspecified atom stereocenters. The van der Waals surface area contributed by atoms with Crippen LogP contribution in [0.15, 0.2) is 47.6 Å². The summed E-state index contributed by atoms with van der Waals surface area (Å²) >= 11 is 0. The van der Waals surface area contributed by atoms with Crippen LogP contribution in [0.2, 0.25) is 0 Å². The minimum absolute atomic E-state index is 0.282. The van der Waals surface area contributed by atoms with Crippen molar-refractivity contribution in [3.05, 3.63) is 59.5 Å². The van der Waals surface area contributed by atoms with Gasteiger partial charge in [0.2, 0.25) is 0 Å². The highest BCUT2D eigenvalue weighted by atomic mass is 19.1. The molecule has 2 aromatic rings. The Morgan fingerprint density at radius 3 is 2.61 bits per heavy atom. The van der Waals surface area contributed by atoms with Crippen molar-refractivity contribution >= 4 is 17.5 Å². The molecule has 0 radical (unpaired) electrons. The van der Waals surface area contributed by atoms with Crippen LogP contribution in [0.25, 0.3) is 5.57 Å². The fraction of sp³-hybridized carbons (Fsp3) is 0.348. The number of fused-ring (bicyclic) bond motifs is 1. The molecule has 0 aromatic heterocycles. The summed E-state index contributed by atoms with van der Waals surface area (Å²) in [6, 6.07) is 11.2. The van der Waals surface area contributed by atoms with Crippen molar-refractivity contribution in [2.75, 3.05) is 11.9 Å². The quantitative estimate of drug-likeness (QED) is 0.750. The van der Waals surface area contributed by atoms with E-state index >= 15 is 0 Å². The summed E-state index contributed by atoms with van der Waals surface area (Å²) in [6.45, 7) is 2.23. The molecule has 146 valence electrons. The Kier molecular flexibility index (Phi) is 5.07. The maximum atomic E-state index is 13.3. The lowest BCUT2D eigenvalue weighted by Gasteiger charge is -2.35. The summed E-state index contributed by atoms with van der Waals surface area (Å²) in [5.41, 5.74) is 10.0. The average Bonchev–Trinajstić information content (AvgIpc) is 3.52. The molecule has 0 amide bonds. The molecule has 1 heterocycles. The maximum Gasteiger partial charge on any atom is 0.140 e. The van der Waals surface area contributed by atoms with Crippen LogP contribution in [-0.2, 0) is 6.42 Å². The summed E-state index contributed by atoms with van der Waals surface area (Å²) in [6.07, 6.45) is 7.68. The molecule has 0 bridgehead atoms. The number of anilines is 1. The van der Waals surface area contributed by atoms with E-state index in [4.69, 9.17) is 10.5 Å². The largest absolute Gasteiger partial charge is 0.456 e. The first kappa shape index (κ1) is 18.5. The van der Waals surface area contributed by atoms with Gasteiger partial charge in [-0.05, 0) is 69.0 Å². The summed E-state index contributed by atoms with van der Waals surface area (Å²) in [5.74, 6) is 1.10. The monoisotopic (exact) mass is 379 g/mol. The summed E-state index contributed by atoms with van der Waals surface area (Å²) in [7, 11) is 2.11. The van der Waals surface area contributed by atoms with Crippen LogP contribution in [-0.4, -0.2) is 25.3 Å². The van der Waals surface area contributed by atoms with Crippen molar-refractivity contribution in [3.8, 4) is 11.5 Å². The first-order valence-electron chi connectivity index (χ1n) is 9.84. The Bertz CT molecular complexity index is 916. The number of hydrogen-bond donors (Lipinski definition) is 1. The van der Waals surface area contributed by atoms with E-state index in [0.717, 1.165) is 53.8 Å². The molecule has 2 aliphatic rings. The zero-order chi connectivity index (χ0) is 19.7. The standard InChI is InChI=1S/C23H26FN3O/c1-15-3-10-21-22(27(15)2)12-11-20(16(13-25)14-26-18-6-7-18)23(21)28-19-8-4-17(24)5-9-19/h4-5,8-9,11-15,18H,3,6-7,10,25H2,1-2H3. The third-order valence-electron chi connectivity index (χ3n) is 5.58. The molecule has 2 N–H and O–H groups in total. The second kappa shape index (κ2) is 7.66. The fourth-order valence-electron chi connectivity index (χ4n) is 3.55. The number of rotatable bonds is 5. The van der Waals surface area contributed by atoms with Gasteiger partial charge in [0.1, 0.15) is 17.3 Å². The van der Waals surface area contributed by atoms with Crippen molar-refractivity contribution in [1.82, 2.24) is 0 Å². The van der Waals surface area contributed by atoms with E-state index in [0.29, 0.717) is 17.8 Å². The van der Waals surface area contributed by atoms with E-state index in [1.54, 1.807) is 18.3 Å². The number of hydrogen-bond acceptors (Lipinski definition) is 4.